The summed E-state index contributed by atoms with van der Waals surface area (Å²) < 4.78 is 5.32. The molecule has 1 atom stereocenters. The van der Waals surface area contributed by atoms with Gasteiger partial charge in [-0.1, -0.05) is 42.5 Å². The van der Waals surface area contributed by atoms with Gasteiger partial charge in [-0.3, -0.25) is 4.90 Å². The van der Waals surface area contributed by atoms with Crippen molar-refractivity contribution in [2.75, 3.05) is 20.7 Å². The molecule has 0 saturated heterocycles. The largest absolute Gasteiger partial charge is 0.496 e. The van der Waals surface area contributed by atoms with Crippen LogP contribution in [-0.2, 0) is 6.54 Å². The molecule has 2 aromatic carbocycles. The van der Waals surface area contributed by atoms with E-state index in [-0.39, 0.29) is 6.04 Å². The van der Waals surface area contributed by atoms with Gasteiger partial charge in [0, 0.05) is 19.1 Å². The van der Waals surface area contributed by atoms with Gasteiger partial charge in [0.05, 0.1) is 7.11 Å². The van der Waals surface area contributed by atoms with Crippen molar-refractivity contribution < 1.29 is 4.74 Å². The van der Waals surface area contributed by atoms with Crippen LogP contribution >= 0.6 is 0 Å². The topological polar surface area (TPSA) is 38.5 Å². The molecule has 3 nitrogen and oxygen atoms in total. The van der Waals surface area contributed by atoms with Crippen LogP contribution in [0.5, 0.6) is 5.75 Å². The highest BCUT2D eigenvalue weighted by Gasteiger charge is 2.16. The average molecular weight is 284 g/mol. The fourth-order valence-electron chi connectivity index (χ4n) is 2.66. The van der Waals surface area contributed by atoms with Crippen molar-refractivity contribution in [2.45, 2.75) is 19.5 Å². The first kappa shape index (κ1) is 15.5. The molecule has 2 rings (SSSR count). The Bertz CT molecular complexity index is 569. The molecule has 2 aromatic rings. The highest BCUT2D eigenvalue weighted by atomic mass is 16.5. The summed E-state index contributed by atoms with van der Waals surface area (Å²) in [6, 6.07) is 16.9. The standard InChI is InChI=1S/C18H24N2O/c1-14-11-16(9-10-18(14)21-3)17(12-19)20(2)13-15-7-5-4-6-8-15/h4-11,17H,12-13,19H2,1-3H3. The second-order valence-electron chi connectivity index (χ2n) is 5.38. The van der Waals surface area contributed by atoms with Gasteiger partial charge in [-0.05, 0) is 36.7 Å². The lowest BCUT2D eigenvalue weighted by molar-refractivity contribution is 0.241. The zero-order chi connectivity index (χ0) is 15.2. The van der Waals surface area contributed by atoms with Gasteiger partial charge in [0.2, 0.25) is 0 Å². The molecule has 0 saturated carbocycles. The molecule has 0 aliphatic heterocycles. The monoisotopic (exact) mass is 284 g/mol. The predicted octanol–water partition coefficient (Wildman–Crippen LogP) is 3.14. The van der Waals surface area contributed by atoms with E-state index in [4.69, 9.17) is 10.5 Å². The summed E-state index contributed by atoms with van der Waals surface area (Å²) >= 11 is 0. The number of ether oxygens (including phenoxy) is 1. The molecule has 3 heteroatoms. The van der Waals surface area contributed by atoms with Gasteiger partial charge >= 0.3 is 0 Å². The van der Waals surface area contributed by atoms with Crippen LogP contribution in [0.1, 0.15) is 22.7 Å². The molecule has 0 aromatic heterocycles. The van der Waals surface area contributed by atoms with E-state index >= 15 is 0 Å². The summed E-state index contributed by atoms with van der Waals surface area (Å²) in [5.41, 5.74) is 9.67. The van der Waals surface area contributed by atoms with E-state index in [0.29, 0.717) is 6.54 Å². The zero-order valence-electron chi connectivity index (χ0n) is 13.0. The second kappa shape index (κ2) is 7.25. The van der Waals surface area contributed by atoms with Crippen molar-refractivity contribution in [3.63, 3.8) is 0 Å². The first-order chi connectivity index (χ1) is 10.2. The molecular weight excluding hydrogens is 260 g/mol. The van der Waals surface area contributed by atoms with Gasteiger partial charge in [0.25, 0.3) is 0 Å². The van der Waals surface area contributed by atoms with Crippen molar-refractivity contribution >= 4 is 0 Å². The highest BCUT2D eigenvalue weighted by Crippen LogP contribution is 2.25. The molecule has 0 aliphatic rings. The Morgan fingerprint density at radius 3 is 2.43 bits per heavy atom. The summed E-state index contributed by atoms with van der Waals surface area (Å²) in [5, 5.41) is 0. The molecule has 0 fully saturated rings. The molecule has 0 bridgehead atoms. The number of nitrogens with zero attached hydrogens (tertiary/aromatic N) is 1. The Morgan fingerprint density at radius 1 is 1.14 bits per heavy atom. The third-order valence-electron chi connectivity index (χ3n) is 3.83. The summed E-state index contributed by atoms with van der Waals surface area (Å²) in [6.07, 6.45) is 0. The summed E-state index contributed by atoms with van der Waals surface area (Å²) in [4.78, 5) is 2.29. The van der Waals surface area contributed by atoms with Crippen LogP contribution in [0.15, 0.2) is 48.5 Å². The van der Waals surface area contributed by atoms with Gasteiger partial charge in [0.15, 0.2) is 0 Å². The molecule has 21 heavy (non-hydrogen) atoms. The minimum Gasteiger partial charge on any atom is -0.496 e. The SMILES string of the molecule is COc1ccc(C(CN)N(C)Cc2ccccc2)cc1C. The normalized spacial score (nSPS) is 12.4. The predicted molar refractivity (Wildman–Crippen MR) is 87.4 cm³/mol. The highest BCUT2D eigenvalue weighted by molar-refractivity contribution is 5.37. The number of rotatable bonds is 6. The Kier molecular flexibility index (Phi) is 5.37. The summed E-state index contributed by atoms with van der Waals surface area (Å²) in [7, 11) is 3.81. The molecule has 0 spiro atoms. The van der Waals surface area contributed by atoms with E-state index in [1.165, 1.54) is 11.1 Å². The molecule has 112 valence electrons. The van der Waals surface area contributed by atoms with Crippen molar-refractivity contribution in [1.82, 2.24) is 4.90 Å². The fraction of sp³-hybridized carbons (Fsp3) is 0.333. The van der Waals surface area contributed by atoms with E-state index in [1.54, 1.807) is 7.11 Å². The fourth-order valence-corrected chi connectivity index (χ4v) is 2.66. The van der Waals surface area contributed by atoms with Gasteiger partial charge in [-0.15, -0.1) is 0 Å². The molecule has 0 heterocycles. The number of benzene rings is 2. The van der Waals surface area contributed by atoms with E-state index < -0.39 is 0 Å². The molecular formula is C18H24N2O. The summed E-state index contributed by atoms with van der Waals surface area (Å²) in [5.74, 6) is 0.917. The van der Waals surface area contributed by atoms with E-state index in [1.807, 2.05) is 12.1 Å². The molecule has 0 amide bonds. The zero-order valence-corrected chi connectivity index (χ0v) is 13.0. The van der Waals surface area contributed by atoms with Crippen LogP contribution in [0.3, 0.4) is 0 Å². The molecule has 0 radical (unpaired) electrons. The lowest BCUT2D eigenvalue weighted by Crippen LogP contribution is -2.30. The van der Waals surface area contributed by atoms with Gasteiger partial charge < -0.3 is 10.5 Å². The van der Waals surface area contributed by atoms with E-state index in [0.717, 1.165) is 17.9 Å². The Morgan fingerprint density at radius 2 is 1.86 bits per heavy atom. The van der Waals surface area contributed by atoms with Gasteiger partial charge in [-0.25, -0.2) is 0 Å². The van der Waals surface area contributed by atoms with Crippen LogP contribution in [0.4, 0.5) is 0 Å². The maximum atomic E-state index is 6.01. The number of hydrogen-bond acceptors (Lipinski definition) is 3. The Labute approximate surface area is 127 Å². The Hall–Kier alpha value is -1.84. The first-order valence-electron chi connectivity index (χ1n) is 7.24. The van der Waals surface area contributed by atoms with Crippen molar-refractivity contribution in [2.24, 2.45) is 5.73 Å². The number of hydrogen-bond donors (Lipinski definition) is 1. The Balaban J connectivity index is 2.16. The van der Waals surface area contributed by atoms with Crippen molar-refractivity contribution in [1.29, 1.82) is 0 Å². The van der Waals surface area contributed by atoms with E-state index in [9.17, 15) is 0 Å². The van der Waals surface area contributed by atoms with Gasteiger partial charge in [0.1, 0.15) is 5.75 Å². The lowest BCUT2D eigenvalue weighted by Gasteiger charge is -2.28. The van der Waals surface area contributed by atoms with Crippen LogP contribution in [0.2, 0.25) is 0 Å². The van der Waals surface area contributed by atoms with Crippen LogP contribution in [-0.4, -0.2) is 25.6 Å². The second-order valence-corrected chi connectivity index (χ2v) is 5.38. The first-order valence-corrected chi connectivity index (χ1v) is 7.24. The van der Waals surface area contributed by atoms with Gasteiger partial charge in [-0.2, -0.15) is 0 Å². The number of likely N-dealkylation sites (N-methyl/N-ethyl adjacent to an activating group) is 1. The maximum Gasteiger partial charge on any atom is 0.121 e. The third-order valence-corrected chi connectivity index (χ3v) is 3.83. The van der Waals surface area contributed by atoms with Crippen LogP contribution in [0, 0.1) is 6.92 Å². The number of nitrogens with two attached hydrogens (primary N) is 1. The lowest BCUT2D eigenvalue weighted by atomic mass is 10.0. The molecule has 1 unspecified atom stereocenters. The molecule has 2 N–H and O–H groups in total. The minimum absolute atomic E-state index is 0.204. The average Bonchev–Trinajstić information content (AvgIpc) is 2.49. The van der Waals surface area contributed by atoms with Crippen molar-refractivity contribution in [3.05, 3.63) is 65.2 Å². The quantitative estimate of drug-likeness (QED) is 0.885. The van der Waals surface area contributed by atoms with E-state index in [2.05, 4.69) is 55.3 Å². The maximum absolute atomic E-state index is 6.01. The minimum atomic E-state index is 0.204. The number of aryl methyl sites for hydroxylation is 1. The van der Waals surface area contributed by atoms with Crippen molar-refractivity contribution in [3.8, 4) is 5.75 Å². The summed E-state index contributed by atoms with van der Waals surface area (Å²) in [6.45, 7) is 3.54. The van der Waals surface area contributed by atoms with Crippen LogP contribution < -0.4 is 10.5 Å². The smallest absolute Gasteiger partial charge is 0.121 e. The van der Waals surface area contributed by atoms with Crippen LogP contribution in [0.25, 0.3) is 0 Å². The third kappa shape index (κ3) is 3.84. The number of methoxy groups -OCH3 is 1. The molecule has 0 aliphatic carbocycles.